The Morgan fingerprint density at radius 3 is 1.31 bits per heavy atom. The summed E-state index contributed by atoms with van der Waals surface area (Å²) in [5.74, 6) is 3.32. The molecule has 0 N–H and O–H groups in total. The van der Waals surface area contributed by atoms with Crippen molar-refractivity contribution in [1.29, 1.82) is 5.26 Å². The third kappa shape index (κ3) is 7.23. The van der Waals surface area contributed by atoms with Crippen LogP contribution in [0.2, 0.25) is 0 Å². The number of hydrogen-bond donors (Lipinski definition) is 0. The zero-order chi connectivity index (χ0) is 19.7. The monoisotopic (exact) mass is 805 g/mol. The zero-order valence-electron chi connectivity index (χ0n) is 14.1. The molecular formula is C17H15I4NO4. The summed E-state index contributed by atoms with van der Waals surface area (Å²) >= 11 is 8.75. The van der Waals surface area contributed by atoms with E-state index in [1.165, 1.54) is 0 Å². The maximum absolute atomic E-state index is 8.38. The van der Waals surface area contributed by atoms with Crippen LogP contribution in [0.1, 0.15) is 0 Å². The van der Waals surface area contributed by atoms with Crippen LogP contribution in [0.25, 0.3) is 0 Å². The summed E-state index contributed by atoms with van der Waals surface area (Å²) in [5, 5.41) is 8.38. The number of nitrogens with zero attached hydrogens (tertiary/aromatic N) is 1. The van der Waals surface area contributed by atoms with E-state index in [9.17, 15) is 0 Å². The fraction of sp³-hybridized carbons (Fsp3) is 0.235. The van der Waals surface area contributed by atoms with Crippen LogP contribution in [0.15, 0.2) is 24.3 Å². The van der Waals surface area contributed by atoms with Crippen molar-refractivity contribution in [3.8, 4) is 29.1 Å². The number of benzene rings is 2. The molecule has 0 atom stereocenters. The van der Waals surface area contributed by atoms with Crippen molar-refractivity contribution in [3.05, 3.63) is 38.5 Å². The van der Waals surface area contributed by atoms with Crippen molar-refractivity contribution in [1.82, 2.24) is 0 Å². The van der Waals surface area contributed by atoms with Gasteiger partial charge in [-0.25, -0.2) is 0 Å². The molecule has 9 heteroatoms. The van der Waals surface area contributed by atoms with Crippen LogP contribution in [0.4, 0.5) is 0 Å². The summed E-state index contributed by atoms with van der Waals surface area (Å²) in [4.78, 5) is 0. The van der Waals surface area contributed by atoms with Crippen molar-refractivity contribution >= 4 is 90.4 Å². The van der Waals surface area contributed by atoms with E-state index in [4.69, 9.17) is 24.2 Å². The van der Waals surface area contributed by atoms with Crippen LogP contribution in [-0.4, -0.2) is 27.9 Å². The molecule has 0 bridgehead atoms. The minimum atomic E-state index is 0.0679. The van der Waals surface area contributed by atoms with E-state index in [0.717, 1.165) is 37.3 Å². The predicted molar refractivity (Wildman–Crippen MR) is 135 cm³/mol. The summed E-state index contributed by atoms with van der Waals surface area (Å²) < 4.78 is 24.7. The number of rotatable bonds is 5. The van der Waals surface area contributed by atoms with Crippen molar-refractivity contribution in [2.45, 2.75) is 0 Å². The van der Waals surface area contributed by atoms with Crippen LogP contribution in [0, 0.1) is 25.6 Å². The molecule has 0 fully saturated rings. The van der Waals surface area contributed by atoms with Crippen LogP contribution in [0.3, 0.4) is 0 Å². The van der Waals surface area contributed by atoms with E-state index in [0.29, 0.717) is 0 Å². The van der Waals surface area contributed by atoms with E-state index >= 15 is 0 Å². The predicted octanol–water partition coefficient (Wildman–Crippen LogP) is 5.72. The van der Waals surface area contributed by atoms with Crippen molar-refractivity contribution in [2.24, 2.45) is 0 Å². The average Bonchev–Trinajstić information content (AvgIpc) is 2.64. The van der Waals surface area contributed by atoms with Gasteiger partial charge in [0.15, 0.2) is 6.61 Å². The molecule has 0 saturated heterocycles. The smallest absolute Gasteiger partial charge is 0.174 e. The Morgan fingerprint density at radius 2 is 1.00 bits per heavy atom. The molecule has 0 radical (unpaired) electrons. The van der Waals surface area contributed by atoms with Gasteiger partial charge in [-0.3, -0.25) is 0 Å². The Bertz CT molecular complexity index is 764. The highest BCUT2D eigenvalue weighted by Crippen LogP contribution is 2.31. The highest BCUT2D eigenvalue weighted by atomic mass is 127. The molecule has 2 rings (SSSR count). The lowest BCUT2D eigenvalue weighted by Gasteiger charge is -2.08. The third-order valence-corrected chi connectivity index (χ3v) is 6.30. The maximum atomic E-state index is 8.38. The average molecular weight is 805 g/mol. The third-order valence-electron chi connectivity index (χ3n) is 2.92. The molecule has 0 amide bonds. The first-order valence-electron chi connectivity index (χ1n) is 6.97. The van der Waals surface area contributed by atoms with Gasteiger partial charge in [-0.2, -0.15) is 5.26 Å². The first-order valence-corrected chi connectivity index (χ1v) is 11.3. The van der Waals surface area contributed by atoms with Gasteiger partial charge in [-0.1, -0.05) is 0 Å². The summed E-state index contributed by atoms with van der Waals surface area (Å²) in [6.45, 7) is 0.0679. The molecule has 0 saturated carbocycles. The van der Waals surface area contributed by atoms with E-state index in [1.54, 1.807) is 21.3 Å². The normalized spacial score (nSPS) is 9.46. The Balaban J connectivity index is 0.000000263. The number of halogens is 4. The van der Waals surface area contributed by atoms with Crippen LogP contribution < -0.4 is 18.9 Å². The summed E-state index contributed by atoms with van der Waals surface area (Å²) in [5.41, 5.74) is 0. The molecule has 0 heterocycles. The Morgan fingerprint density at radius 1 is 0.692 bits per heavy atom. The maximum Gasteiger partial charge on any atom is 0.174 e. The molecule has 0 aliphatic heterocycles. The zero-order valence-corrected chi connectivity index (χ0v) is 22.7. The number of ether oxygens (including phenoxy) is 4. The molecule has 2 aromatic carbocycles. The summed E-state index contributed by atoms with van der Waals surface area (Å²) in [6, 6.07) is 9.59. The molecule has 0 aliphatic carbocycles. The van der Waals surface area contributed by atoms with Crippen molar-refractivity contribution in [2.75, 3.05) is 27.9 Å². The van der Waals surface area contributed by atoms with Gasteiger partial charge in [-0.05, 0) is 115 Å². The van der Waals surface area contributed by atoms with Crippen molar-refractivity contribution in [3.63, 3.8) is 0 Å². The summed E-state index contributed by atoms with van der Waals surface area (Å²) in [6.07, 6.45) is 0. The lowest BCUT2D eigenvalue weighted by atomic mass is 10.3. The quantitative estimate of drug-likeness (QED) is 0.363. The molecule has 0 aliphatic rings. The Labute approximate surface area is 207 Å². The molecular weight excluding hydrogens is 790 g/mol. The van der Waals surface area contributed by atoms with E-state index in [2.05, 4.69) is 90.4 Å². The van der Waals surface area contributed by atoms with E-state index in [-0.39, 0.29) is 6.61 Å². The van der Waals surface area contributed by atoms with Gasteiger partial charge in [0.05, 0.1) is 35.6 Å². The van der Waals surface area contributed by atoms with Crippen LogP contribution in [0.5, 0.6) is 23.0 Å². The van der Waals surface area contributed by atoms with Gasteiger partial charge < -0.3 is 18.9 Å². The SMILES string of the molecule is COc1cc(I)c(OC)cc1I.COc1cc(I)c(OCC#N)cc1I. The largest absolute Gasteiger partial charge is 0.496 e. The molecule has 26 heavy (non-hydrogen) atoms. The van der Waals surface area contributed by atoms with Gasteiger partial charge >= 0.3 is 0 Å². The standard InChI is InChI=1S/C9H7I2NO2.C8H8I2O2/c1-13-8-4-7(11)9(5-6(8)10)14-3-2-12;1-11-7-3-6(10)8(12-2)4-5(7)9/h4-5H,3H2,1H3;3-4H,1-2H3. The molecule has 0 aromatic heterocycles. The van der Waals surface area contributed by atoms with Crippen LogP contribution >= 0.6 is 90.4 Å². The summed E-state index contributed by atoms with van der Waals surface area (Å²) in [7, 11) is 4.96. The molecule has 0 spiro atoms. The highest BCUT2D eigenvalue weighted by Gasteiger charge is 2.07. The second kappa shape index (κ2) is 12.5. The second-order valence-electron chi connectivity index (χ2n) is 4.49. The first-order chi connectivity index (χ1) is 12.4. The minimum Gasteiger partial charge on any atom is -0.496 e. The number of methoxy groups -OCH3 is 3. The van der Waals surface area contributed by atoms with Gasteiger partial charge in [0.2, 0.25) is 0 Å². The van der Waals surface area contributed by atoms with Crippen LogP contribution in [-0.2, 0) is 0 Å². The number of nitriles is 1. The Hall–Kier alpha value is 0.0500. The lowest BCUT2D eigenvalue weighted by molar-refractivity contribution is 0.362. The van der Waals surface area contributed by atoms with E-state index in [1.807, 2.05) is 30.3 Å². The Kier molecular flexibility index (Phi) is 11.6. The van der Waals surface area contributed by atoms with Gasteiger partial charge in [-0.15, -0.1) is 0 Å². The van der Waals surface area contributed by atoms with E-state index < -0.39 is 0 Å². The lowest BCUT2D eigenvalue weighted by Crippen LogP contribution is -1.97. The first kappa shape index (κ1) is 24.1. The van der Waals surface area contributed by atoms with Gasteiger partial charge in [0, 0.05) is 0 Å². The fourth-order valence-corrected chi connectivity index (χ4v) is 4.28. The van der Waals surface area contributed by atoms with Gasteiger partial charge in [0.25, 0.3) is 0 Å². The second-order valence-corrected chi connectivity index (χ2v) is 9.13. The topological polar surface area (TPSA) is 60.7 Å². The minimum absolute atomic E-state index is 0.0679. The van der Waals surface area contributed by atoms with Gasteiger partial charge in [0.1, 0.15) is 29.1 Å². The number of hydrogen-bond acceptors (Lipinski definition) is 5. The molecule has 140 valence electrons. The molecule has 0 unspecified atom stereocenters. The molecule has 5 nitrogen and oxygen atoms in total. The molecule has 2 aromatic rings. The highest BCUT2D eigenvalue weighted by molar-refractivity contribution is 14.1. The fourth-order valence-electron chi connectivity index (χ4n) is 1.71. The van der Waals surface area contributed by atoms with Crippen molar-refractivity contribution < 1.29 is 18.9 Å².